The molecule has 0 radical (unpaired) electrons. The summed E-state index contributed by atoms with van der Waals surface area (Å²) in [6, 6.07) is 5.83. The maximum Gasteiger partial charge on any atom is 0.402 e. The lowest BCUT2D eigenvalue weighted by atomic mass is 9.80. The van der Waals surface area contributed by atoms with Gasteiger partial charge in [-0.3, -0.25) is 14.4 Å². The van der Waals surface area contributed by atoms with Gasteiger partial charge in [-0.05, 0) is 57.9 Å². The second-order valence-corrected chi connectivity index (χ2v) is 12.7. The second-order valence-electron chi connectivity index (χ2n) is 10.2. The molecule has 3 aromatic rings. The Labute approximate surface area is 222 Å². The van der Waals surface area contributed by atoms with Gasteiger partial charge >= 0.3 is 17.9 Å². The molecule has 2 aromatic heterocycles. The number of carboxylic acid groups (broad SMARTS) is 2. The standard InChI is InChI=1S/C26H29N3O6S2/c1-13-18(12-36-37-20(22(32)33)11-21(30)31)29(8-7-19(13)35-6)24-27-16-9-14-15(10-17(16)28-24)26(4,5)23(34)25(14,2)3/h7-10,20H,11-12H2,1-6H3,(H2-,27,28,30,31,32,33)/p+1. The lowest BCUT2D eigenvalue weighted by Crippen LogP contribution is -2.37. The normalized spacial score (nSPS) is 16.5. The fraction of sp³-hybridized carbons (Fsp3) is 0.423. The summed E-state index contributed by atoms with van der Waals surface area (Å²) in [6.45, 7) is 9.72. The van der Waals surface area contributed by atoms with Gasteiger partial charge in [0.15, 0.2) is 11.3 Å². The van der Waals surface area contributed by atoms with E-state index in [1.54, 1.807) is 7.11 Å². The third-order valence-electron chi connectivity index (χ3n) is 7.02. The SMILES string of the molecule is COc1cc[n+](-c2nc3cc4c(cc3[nH]2)C(C)(C)C(=O)C4(C)C)c(CSSC(CC(=O)O)C(=O)O)c1C. The van der Waals surface area contributed by atoms with E-state index in [4.69, 9.17) is 14.8 Å². The maximum atomic E-state index is 13.1. The minimum Gasteiger partial charge on any atom is -0.496 e. The van der Waals surface area contributed by atoms with Gasteiger partial charge in [0.25, 0.3) is 0 Å². The number of H-pyrrole nitrogens is 1. The zero-order valence-electron chi connectivity index (χ0n) is 21.5. The molecule has 1 unspecified atom stereocenters. The zero-order chi connectivity index (χ0) is 27.3. The number of aliphatic carboxylic acids is 2. The molecule has 4 rings (SSSR count). The molecule has 3 N–H and O–H groups in total. The van der Waals surface area contributed by atoms with E-state index in [1.807, 2.05) is 63.6 Å². The Balaban J connectivity index is 1.73. The van der Waals surface area contributed by atoms with E-state index < -0.39 is 34.4 Å². The van der Waals surface area contributed by atoms with Crippen LogP contribution in [0.4, 0.5) is 0 Å². The van der Waals surface area contributed by atoms with Gasteiger partial charge in [-0.2, -0.15) is 0 Å². The van der Waals surface area contributed by atoms with Crippen molar-refractivity contribution < 1.29 is 33.9 Å². The highest BCUT2D eigenvalue weighted by atomic mass is 33.1. The van der Waals surface area contributed by atoms with Crippen molar-refractivity contribution in [3.05, 3.63) is 46.8 Å². The number of fused-ring (bicyclic) bond motifs is 2. The first-order valence-corrected chi connectivity index (χ1v) is 14.1. The Morgan fingerprint density at radius 1 is 1.16 bits per heavy atom. The molecule has 0 spiro atoms. The summed E-state index contributed by atoms with van der Waals surface area (Å²) in [5, 5.41) is 17.3. The maximum absolute atomic E-state index is 13.1. The number of pyridine rings is 1. The number of hydrogen-bond acceptors (Lipinski definition) is 7. The lowest BCUT2D eigenvalue weighted by Gasteiger charge is -2.21. The molecule has 0 bridgehead atoms. The number of imidazole rings is 1. The smallest absolute Gasteiger partial charge is 0.402 e. The summed E-state index contributed by atoms with van der Waals surface area (Å²) >= 11 is 0. The molecule has 0 saturated heterocycles. The van der Waals surface area contributed by atoms with Crippen molar-refractivity contribution in [1.29, 1.82) is 0 Å². The molecule has 1 aliphatic rings. The van der Waals surface area contributed by atoms with Crippen LogP contribution in [0.1, 0.15) is 56.5 Å². The van der Waals surface area contributed by atoms with Crippen LogP contribution in [-0.2, 0) is 31.0 Å². The van der Waals surface area contributed by atoms with Crippen molar-refractivity contribution in [2.75, 3.05) is 7.11 Å². The first-order valence-electron chi connectivity index (χ1n) is 11.7. The number of nitrogens with one attached hydrogen (secondary N) is 1. The van der Waals surface area contributed by atoms with Gasteiger partial charge in [0.2, 0.25) is 0 Å². The Morgan fingerprint density at radius 2 is 1.81 bits per heavy atom. The average Bonchev–Trinajstić information content (AvgIpc) is 3.30. The molecular formula is C26H30N3O6S2+. The quantitative estimate of drug-likeness (QED) is 0.269. The van der Waals surface area contributed by atoms with Crippen LogP contribution in [0.3, 0.4) is 0 Å². The molecule has 1 aliphatic carbocycles. The first kappa shape index (κ1) is 27.0. The van der Waals surface area contributed by atoms with Crippen LogP contribution >= 0.6 is 21.6 Å². The zero-order valence-corrected chi connectivity index (χ0v) is 23.2. The van der Waals surface area contributed by atoms with Crippen molar-refractivity contribution in [3.8, 4) is 11.7 Å². The van der Waals surface area contributed by atoms with Crippen LogP contribution in [0, 0.1) is 6.92 Å². The lowest BCUT2D eigenvalue weighted by molar-refractivity contribution is -0.610. The molecule has 37 heavy (non-hydrogen) atoms. The fourth-order valence-electron chi connectivity index (χ4n) is 4.99. The second kappa shape index (κ2) is 9.68. The number of Topliss-reactive ketones (excluding diaryl/α,β-unsaturated/α-hetero) is 1. The Bertz CT molecular complexity index is 1370. The molecule has 0 aliphatic heterocycles. The van der Waals surface area contributed by atoms with E-state index in [2.05, 4.69) is 4.98 Å². The van der Waals surface area contributed by atoms with E-state index in [9.17, 15) is 19.5 Å². The molecule has 0 fully saturated rings. The van der Waals surface area contributed by atoms with Crippen molar-refractivity contribution in [2.24, 2.45) is 0 Å². The van der Waals surface area contributed by atoms with Crippen LogP contribution < -0.4 is 9.30 Å². The van der Waals surface area contributed by atoms with Gasteiger partial charge in [-0.25, -0.2) is 9.55 Å². The first-order chi connectivity index (χ1) is 17.3. The average molecular weight is 545 g/mol. The Kier molecular flexibility index (Phi) is 7.06. The summed E-state index contributed by atoms with van der Waals surface area (Å²) in [5.41, 5.74) is 4.02. The Hall–Kier alpha value is -3.05. The third-order valence-corrected chi connectivity index (χ3v) is 9.61. The highest BCUT2D eigenvalue weighted by Gasteiger charge is 2.50. The minimum atomic E-state index is -1.16. The molecule has 1 atom stereocenters. The molecular weight excluding hydrogens is 514 g/mol. The van der Waals surface area contributed by atoms with Crippen LogP contribution in [-0.4, -0.2) is 50.3 Å². The monoisotopic (exact) mass is 544 g/mol. The molecule has 0 saturated carbocycles. The van der Waals surface area contributed by atoms with Crippen molar-refractivity contribution >= 4 is 50.3 Å². The van der Waals surface area contributed by atoms with E-state index in [-0.39, 0.29) is 5.78 Å². The van der Waals surface area contributed by atoms with E-state index >= 15 is 0 Å². The molecule has 2 heterocycles. The molecule has 0 amide bonds. The number of aromatic amines is 1. The highest BCUT2D eigenvalue weighted by molar-refractivity contribution is 8.76. The number of rotatable bonds is 9. The summed E-state index contributed by atoms with van der Waals surface area (Å²) < 4.78 is 7.39. The van der Waals surface area contributed by atoms with Crippen LogP contribution in [0.25, 0.3) is 17.0 Å². The summed E-state index contributed by atoms with van der Waals surface area (Å²) in [7, 11) is 3.87. The van der Waals surface area contributed by atoms with E-state index in [0.717, 1.165) is 44.2 Å². The van der Waals surface area contributed by atoms with Gasteiger partial charge in [-0.1, -0.05) is 26.6 Å². The highest BCUT2D eigenvalue weighted by Crippen LogP contribution is 2.47. The number of nitrogens with zero attached hydrogens (tertiary/aromatic N) is 2. The van der Waals surface area contributed by atoms with Gasteiger partial charge in [-0.15, -0.1) is 0 Å². The van der Waals surface area contributed by atoms with E-state index in [0.29, 0.717) is 17.5 Å². The summed E-state index contributed by atoms with van der Waals surface area (Å²) in [6.07, 6.45) is 1.37. The topological polar surface area (TPSA) is 133 Å². The number of ketones is 1. The van der Waals surface area contributed by atoms with Crippen molar-refractivity contribution in [1.82, 2.24) is 9.97 Å². The van der Waals surface area contributed by atoms with Gasteiger partial charge in [0.05, 0.1) is 25.5 Å². The van der Waals surface area contributed by atoms with Crippen molar-refractivity contribution in [2.45, 2.75) is 62.9 Å². The molecule has 11 heteroatoms. The van der Waals surface area contributed by atoms with Crippen LogP contribution in [0.5, 0.6) is 5.75 Å². The summed E-state index contributed by atoms with van der Waals surface area (Å²) in [4.78, 5) is 43.8. The number of methoxy groups -OCH3 is 1. The predicted molar refractivity (Wildman–Crippen MR) is 143 cm³/mol. The largest absolute Gasteiger partial charge is 0.496 e. The third kappa shape index (κ3) is 4.70. The number of carboxylic acids is 2. The predicted octanol–water partition coefficient (Wildman–Crippen LogP) is 4.10. The number of hydrogen-bond donors (Lipinski definition) is 3. The Morgan fingerprint density at radius 3 is 2.41 bits per heavy atom. The number of ether oxygens (including phenoxy) is 1. The van der Waals surface area contributed by atoms with Crippen LogP contribution in [0.2, 0.25) is 0 Å². The fourth-order valence-corrected chi connectivity index (χ4v) is 7.46. The van der Waals surface area contributed by atoms with E-state index in [1.165, 1.54) is 10.8 Å². The number of benzene rings is 1. The molecule has 9 nitrogen and oxygen atoms in total. The summed E-state index contributed by atoms with van der Waals surface area (Å²) in [5.74, 6) is -0.497. The van der Waals surface area contributed by atoms with Crippen molar-refractivity contribution in [3.63, 3.8) is 0 Å². The van der Waals surface area contributed by atoms with Crippen LogP contribution in [0.15, 0.2) is 24.4 Å². The van der Waals surface area contributed by atoms with Gasteiger partial charge < -0.3 is 14.9 Å². The minimum absolute atomic E-state index is 0.183. The number of carbonyl (C=O) groups excluding carboxylic acids is 1. The van der Waals surface area contributed by atoms with Gasteiger partial charge in [0, 0.05) is 22.5 Å². The molecule has 196 valence electrons. The number of aromatic nitrogens is 3. The van der Waals surface area contributed by atoms with Gasteiger partial charge in [0.1, 0.15) is 22.2 Å². The number of carbonyl (C=O) groups is 3. The molecule has 1 aromatic carbocycles.